The zero-order valence-electron chi connectivity index (χ0n) is 51.5. The Morgan fingerprint density at radius 2 is 0.506 bits per heavy atom. The number of carbonyl (C=O) groups is 3. The van der Waals surface area contributed by atoms with Crippen LogP contribution in [0, 0.1) is 0 Å². The molecular weight excluding hydrogens is 949 g/mol. The monoisotopic (exact) mass is 1080 g/mol. The van der Waals surface area contributed by atoms with Gasteiger partial charge in [-0.15, -0.1) is 0 Å². The minimum Gasteiger partial charge on any atom is -0.462 e. The molecule has 0 aromatic carbocycles. The van der Waals surface area contributed by atoms with Crippen LogP contribution >= 0.6 is 0 Å². The van der Waals surface area contributed by atoms with Gasteiger partial charge in [-0.05, 0) is 83.5 Å². The molecule has 448 valence electrons. The molecular formula is C71H128O6. The van der Waals surface area contributed by atoms with E-state index in [-0.39, 0.29) is 31.1 Å². The minimum absolute atomic E-state index is 0.0797. The van der Waals surface area contributed by atoms with Crippen molar-refractivity contribution in [2.24, 2.45) is 0 Å². The first-order chi connectivity index (χ1) is 38.0. The van der Waals surface area contributed by atoms with Gasteiger partial charge >= 0.3 is 17.9 Å². The third-order valence-corrected chi connectivity index (χ3v) is 15.0. The van der Waals surface area contributed by atoms with Crippen LogP contribution in [0.3, 0.4) is 0 Å². The number of ether oxygens (including phenoxy) is 3. The number of allylic oxidation sites excluding steroid dienone is 10. The zero-order chi connectivity index (χ0) is 55.7. The van der Waals surface area contributed by atoms with Gasteiger partial charge in [-0.25, -0.2) is 0 Å². The van der Waals surface area contributed by atoms with Gasteiger partial charge in [-0.2, -0.15) is 0 Å². The zero-order valence-corrected chi connectivity index (χ0v) is 51.5. The normalized spacial score (nSPS) is 12.4. The predicted octanol–water partition coefficient (Wildman–Crippen LogP) is 23.1. The summed E-state index contributed by atoms with van der Waals surface area (Å²) in [5, 5.41) is 0. The number of esters is 3. The molecule has 0 N–H and O–H groups in total. The highest BCUT2D eigenvalue weighted by molar-refractivity contribution is 5.71. The van der Waals surface area contributed by atoms with Crippen LogP contribution in [-0.4, -0.2) is 37.2 Å². The van der Waals surface area contributed by atoms with Crippen molar-refractivity contribution in [3.8, 4) is 0 Å². The summed E-state index contributed by atoms with van der Waals surface area (Å²) in [5.41, 5.74) is 0. The van der Waals surface area contributed by atoms with E-state index in [2.05, 4.69) is 81.5 Å². The molecule has 0 bridgehead atoms. The first kappa shape index (κ1) is 74.1. The van der Waals surface area contributed by atoms with Crippen molar-refractivity contribution in [2.75, 3.05) is 13.2 Å². The average molecular weight is 1080 g/mol. The number of unbranched alkanes of at least 4 members (excludes halogenated alkanes) is 41. The maximum absolute atomic E-state index is 12.9. The van der Waals surface area contributed by atoms with E-state index < -0.39 is 6.10 Å². The van der Waals surface area contributed by atoms with Crippen LogP contribution in [0.4, 0.5) is 0 Å². The third-order valence-electron chi connectivity index (χ3n) is 15.0. The lowest BCUT2D eigenvalue weighted by Gasteiger charge is -2.18. The van der Waals surface area contributed by atoms with Crippen LogP contribution in [-0.2, 0) is 28.6 Å². The van der Waals surface area contributed by atoms with Gasteiger partial charge in [-0.1, -0.05) is 313 Å². The van der Waals surface area contributed by atoms with Gasteiger partial charge in [0.15, 0.2) is 6.10 Å². The lowest BCUT2D eigenvalue weighted by Crippen LogP contribution is -2.30. The molecule has 0 spiro atoms. The van der Waals surface area contributed by atoms with E-state index in [1.165, 1.54) is 212 Å². The first-order valence-electron chi connectivity index (χ1n) is 33.8. The molecule has 1 atom stereocenters. The van der Waals surface area contributed by atoms with Gasteiger partial charge < -0.3 is 14.2 Å². The highest BCUT2D eigenvalue weighted by Crippen LogP contribution is 2.18. The molecule has 0 rings (SSSR count). The standard InChI is InChI=1S/C71H128O6/c1-4-7-10-13-16-19-22-25-28-31-32-33-34-35-36-37-38-39-41-43-46-49-52-55-58-61-64-70(73)76-67-68(66-75-69(72)63-60-57-54-51-48-45-42-30-27-24-21-18-15-12-9-6-3)77-71(74)65-62-59-56-53-50-47-44-40-29-26-23-20-17-14-11-8-5-2/h8,11,17,20-21,24,26,29-30,42,68H,4-7,9-10,12-16,18-19,22-23,25,27-28,31-41,43-67H2,1-3H3/b11-8-,20-17-,24-21-,29-26-,42-30-. The number of hydrogen-bond donors (Lipinski definition) is 0. The fraction of sp³-hybridized carbons (Fsp3) is 0.817. The van der Waals surface area contributed by atoms with E-state index in [4.69, 9.17) is 14.2 Å². The van der Waals surface area contributed by atoms with Gasteiger partial charge in [0.25, 0.3) is 0 Å². The maximum atomic E-state index is 12.9. The molecule has 0 aliphatic carbocycles. The molecule has 0 aliphatic heterocycles. The second-order valence-electron chi connectivity index (χ2n) is 22.7. The molecule has 0 fully saturated rings. The SMILES string of the molecule is CC/C=C\C/C=C\C/C=C\CCCCCCCCCC(=O)OC(COC(=O)CCCCCCC/C=C\C/C=C\CCCCCC)COC(=O)CCCCCCCCCCCCCCCCCCCCCCCCCCCC. The van der Waals surface area contributed by atoms with Crippen molar-refractivity contribution >= 4 is 17.9 Å². The number of carbonyl (C=O) groups excluding carboxylic acids is 3. The number of hydrogen-bond acceptors (Lipinski definition) is 6. The molecule has 1 unspecified atom stereocenters. The summed E-state index contributed by atoms with van der Waals surface area (Å²) >= 11 is 0. The Kier molecular flexibility index (Phi) is 63.2. The lowest BCUT2D eigenvalue weighted by atomic mass is 10.0. The fourth-order valence-corrected chi connectivity index (χ4v) is 9.96. The average Bonchev–Trinajstić information content (AvgIpc) is 3.43. The summed E-state index contributed by atoms with van der Waals surface area (Å²) in [6.45, 7) is 6.55. The second-order valence-corrected chi connectivity index (χ2v) is 22.7. The first-order valence-corrected chi connectivity index (χ1v) is 33.8. The number of rotatable bonds is 62. The third kappa shape index (κ3) is 63.8. The molecule has 0 aromatic heterocycles. The smallest absolute Gasteiger partial charge is 0.306 e. The summed E-state index contributed by atoms with van der Waals surface area (Å²) in [7, 11) is 0. The summed E-state index contributed by atoms with van der Waals surface area (Å²) < 4.78 is 16.9. The molecule has 0 radical (unpaired) electrons. The van der Waals surface area contributed by atoms with E-state index in [1.807, 2.05) is 0 Å². The Morgan fingerprint density at radius 1 is 0.273 bits per heavy atom. The second kappa shape index (κ2) is 65.6. The van der Waals surface area contributed by atoms with Crippen molar-refractivity contribution < 1.29 is 28.6 Å². The Bertz CT molecular complexity index is 1380. The van der Waals surface area contributed by atoms with Gasteiger partial charge in [-0.3, -0.25) is 14.4 Å². The topological polar surface area (TPSA) is 78.9 Å². The van der Waals surface area contributed by atoms with Crippen molar-refractivity contribution in [1.82, 2.24) is 0 Å². The van der Waals surface area contributed by atoms with Gasteiger partial charge in [0, 0.05) is 19.3 Å². The van der Waals surface area contributed by atoms with E-state index in [0.29, 0.717) is 19.3 Å². The van der Waals surface area contributed by atoms with Crippen molar-refractivity contribution in [3.05, 3.63) is 60.8 Å². The lowest BCUT2D eigenvalue weighted by molar-refractivity contribution is -0.167. The summed E-state index contributed by atoms with van der Waals surface area (Å²) in [5.74, 6) is -0.884. The van der Waals surface area contributed by atoms with Crippen molar-refractivity contribution in [1.29, 1.82) is 0 Å². The highest BCUT2D eigenvalue weighted by atomic mass is 16.6. The van der Waals surface area contributed by atoms with Crippen LogP contribution in [0.1, 0.15) is 355 Å². The largest absolute Gasteiger partial charge is 0.462 e. The maximum Gasteiger partial charge on any atom is 0.306 e. The Morgan fingerprint density at radius 3 is 0.805 bits per heavy atom. The summed E-state index contributed by atoms with van der Waals surface area (Å²) in [6, 6.07) is 0. The molecule has 0 saturated heterocycles. The molecule has 0 aliphatic rings. The Hall–Kier alpha value is -2.89. The van der Waals surface area contributed by atoms with Crippen LogP contribution in [0.5, 0.6) is 0 Å². The van der Waals surface area contributed by atoms with E-state index in [9.17, 15) is 14.4 Å². The van der Waals surface area contributed by atoms with Gasteiger partial charge in [0.1, 0.15) is 13.2 Å². The fourth-order valence-electron chi connectivity index (χ4n) is 9.96. The van der Waals surface area contributed by atoms with Crippen molar-refractivity contribution in [2.45, 2.75) is 361 Å². The van der Waals surface area contributed by atoms with E-state index >= 15 is 0 Å². The van der Waals surface area contributed by atoms with Crippen LogP contribution in [0.15, 0.2) is 60.8 Å². The molecule has 0 saturated carbocycles. The van der Waals surface area contributed by atoms with Crippen molar-refractivity contribution in [3.63, 3.8) is 0 Å². The van der Waals surface area contributed by atoms with E-state index in [0.717, 1.165) is 103 Å². The van der Waals surface area contributed by atoms with Gasteiger partial charge in [0.05, 0.1) is 0 Å². The van der Waals surface area contributed by atoms with E-state index in [1.54, 1.807) is 0 Å². The molecule has 0 amide bonds. The van der Waals surface area contributed by atoms with Crippen LogP contribution in [0.25, 0.3) is 0 Å². The molecule has 6 heteroatoms. The quantitative estimate of drug-likeness (QED) is 0.0261. The summed E-state index contributed by atoms with van der Waals surface area (Å²) in [4.78, 5) is 38.4. The molecule has 6 nitrogen and oxygen atoms in total. The highest BCUT2D eigenvalue weighted by Gasteiger charge is 2.19. The van der Waals surface area contributed by atoms with Crippen LogP contribution in [0.2, 0.25) is 0 Å². The van der Waals surface area contributed by atoms with Crippen LogP contribution < -0.4 is 0 Å². The molecule has 0 aromatic rings. The minimum atomic E-state index is -0.785. The van der Waals surface area contributed by atoms with Gasteiger partial charge in [0.2, 0.25) is 0 Å². The Balaban J connectivity index is 4.28. The Labute approximate surface area is 479 Å². The predicted molar refractivity (Wildman–Crippen MR) is 335 cm³/mol. The molecule has 0 heterocycles. The molecule has 77 heavy (non-hydrogen) atoms. The summed E-state index contributed by atoms with van der Waals surface area (Å²) in [6.07, 6.45) is 83.9.